The minimum absolute atomic E-state index is 0.0436. The molecule has 0 aliphatic rings. The third-order valence-corrected chi connectivity index (χ3v) is 2.79. The molecule has 0 bridgehead atoms. The molecule has 96 valence electrons. The Hall–Kier alpha value is -2.67. The number of anilines is 1. The van der Waals surface area contributed by atoms with E-state index in [4.69, 9.17) is 5.26 Å². The number of aromatic hydroxyl groups is 2. The van der Waals surface area contributed by atoms with Gasteiger partial charge < -0.3 is 15.5 Å². The van der Waals surface area contributed by atoms with Crippen molar-refractivity contribution in [2.75, 3.05) is 5.32 Å². The molecule has 0 aliphatic carbocycles. The maximum absolute atomic E-state index is 9.65. The summed E-state index contributed by atoms with van der Waals surface area (Å²) in [6.07, 6.45) is 0.402. The number of nitrogens with zero attached hydrogens (tertiary/aromatic N) is 1. The third-order valence-electron chi connectivity index (χ3n) is 2.79. The van der Waals surface area contributed by atoms with E-state index in [0.717, 1.165) is 11.3 Å². The van der Waals surface area contributed by atoms with Gasteiger partial charge in [-0.15, -0.1) is 0 Å². The molecule has 4 nitrogen and oxygen atoms in total. The van der Waals surface area contributed by atoms with Crippen LogP contribution in [0.2, 0.25) is 0 Å². The van der Waals surface area contributed by atoms with Crippen molar-refractivity contribution in [2.24, 2.45) is 0 Å². The SMILES string of the molecule is N#CCc1ccc(NCc2ccc(O)cc2O)cc1. The van der Waals surface area contributed by atoms with Gasteiger partial charge >= 0.3 is 0 Å². The Morgan fingerprint density at radius 3 is 2.42 bits per heavy atom. The van der Waals surface area contributed by atoms with Crippen molar-refractivity contribution in [3.05, 3.63) is 53.6 Å². The van der Waals surface area contributed by atoms with Gasteiger partial charge in [0.2, 0.25) is 0 Å². The molecular formula is C15H14N2O2. The van der Waals surface area contributed by atoms with Crippen LogP contribution in [-0.4, -0.2) is 10.2 Å². The lowest BCUT2D eigenvalue weighted by Gasteiger charge is -2.08. The van der Waals surface area contributed by atoms with Gasteiger partial charge in [0.15, 0.2) is 0 Å². The Morgan fingerprint density at radius 2 is 1.79 bits per heavy atom. The van der Waals surface area contributed by atoms with Crippen LogP contribution in [0.4, 0.5) is 5.69 Å². The lowest BCUT2D eigenvalue weighted by atomic mass is 10.1. The lowest BCUT2D eigenvalue weighted by molar-refractivity contribution is 0.446. The molecule has 0 spiro atoms. The zero-order valence-electron chi connectivity index (χ0n) is 10.3. The van der Waals surface area contributed by atoms with E-state index in [1.807, 2.05) is 24.3 Å². The van der Waals surface area contributed by atoms with Gasteiger partial charge in [-0.3, -0.25) is 0 Å². The molecule has 0 amide bonds. The summed E-state index contributed by atoms with van der Waals surface area (Å²) in [4.78, 5) is 0. The first kappa shape index (κ1) is 12.8. The first-order chi connectivity index (χ1) is 9.19. The fourth-order valence-electron chi connectivity index (χ4n) is 1.73. The number of nitriles is 1. The van der Waals surface area contributed by atoms with E-state index in [0.29, 0.717) is 18.5 Å². The van der Waals surface area contributed by atoms with Crippen LogP contribution in [0, 0.1) is 11.3 Å². The molecule has 2 aromatic carbocycles. The molecule has 2 aromatic rings. The van der Waals surface area contributed by atoms with Crippen LogP contribution in [0.3, 0.4) is 0 Å². The summed E-state index contributed by atoms with van der Waals surface area (Å²) in [5.41, 5.74) is 2.59. The summed E-state index contributed by atoms with van der Waals surface area (Å²) in [7, 11) is 0. The van der Waals surface area contributed by atoms with Crippen LogP contribution in [0.5, 0.6) is 11.5 Å². The molecule has 4 heteroatoms. The molecule has 0 saturated carbocycles. The number of phenolic OH excluding ortho intramolecular Hbond substituents is 2. The standard InChI is InChI=1S/C15H14N2O2/c16-8-7-11-1-4-13(5-2-11)17-10-12-3-6-14(18)9-15(12)19/h1-6,9,17-19H,7,10H2. The Bertz CT molecular complexity index is 601. The van der Waals surface area contributed by atoms with Crippen LogP contribution in [0.25, 0.3) is 0 Å². The number of phenols is 2. The van der Waals surface area contributed by atoms with Gasteiger partial charge in [-0.2, -0.15) is 5.26 Å². The Balaban J connectivity index is 2.00. The highest BCUT2D eigenvalue weighted by molar-refractivity contribution is 5.47. The lowest BCUT2D eigenvalue weighted by Crippen LogP contribution is -1.99. The normalized spacial score (nSPS) is 9.84. The van der Waals surface area contributed by atoms with Crippen molar-refractivity contribution in [3.8, 4) is 17.6 Å². The highest BCUT2D eigenvalue weighted by Crippen LogP contribution is 2.23. The number of benzene rings is 2. The zero-order valence-corrected chi connectivity index (χ0v) is 10.3. The molecule has 0 radical (unpaired) electrons. The number of hydrogen-bond donors (Lipinski definition) is 3. The molecule has 0 atom stereocenters. The largest absolute Gasteiger partial charge is 0.508 e. The highest BCUT2D eigenvalue weighted by atomic mass is 16.3. The van der Waals surface area contributed by atoms with Crippen molar-refractivity contribution in [1.82, 2.24) is 0 Å². The van der Waals surface area contributed by atoms with Gasteiger partial charge in [-0.1, -0.05) is 12.1 Å². The van der Waals surface area contributed by atoms with Gasteiger partial charge in [-0.05, 0) is 29.8 Å². The summed E-state index contributed by atoms with van der Waals surface area (Å²) in [6.45, 7) is 0.462. The second-order valence-corrected chi connectivity index (χ2v) is 4.20. The number of hydrogen-bond acceptors (Lipinski definition) is 4. The highest BCUT2D eigenvalue weighted by Gasteiger charge is 2.02. The molecule has 3 N–H and O–H groups in total. The van der Waals surface area contributed by atoms with E-state index >= 15 is 0 Å². The Labute approximate surface area is 111 Å². The fraction of sp³-hybridized carbons (Fsp3) is 0.133. The number of nitrogens with one attached hydrogen (secondary N) is 1. The minimum atomic E-state index is 0.0436. The maximum Gasteiger partial charge on any atom is 0.124 e. The Morgan fingerprint density at radius 1 is 1.05 bits per heavy atom. The van der Waals surface area contributed by atoms with Crippen molar-refractivity contribution in [1.29, 1.82) is 5.26 Å². The van der Waals surface area contributed by atoms with Gasteiger partial charge in [0.05, 0.1) is 12.5 Å². The van der Waals surface area contributed by atoms with Crippen molar-refractivity contribution in [3.63, 3.8) is 0 Å². The second kappa shape index (κ2) is 5.78. The molecule has 2 rings (SSSR count). The van der Waals surface area contributed by atoms with Gasteiger partial charge in [0.25, 0.3) is 0 Å². The van der Waals surface area contributed by atoms with Crippen molar-refractivity contribution in [2.45, 2.75) is 13.0 Å². The summed E-state index contributed by atoms with van der Waals surface area (Å²) in [5.74, 6) is 0.107. The Kier molecular flexibility index (Phi) is 3.89. The molecule has 0 heterocycles. The maximum atomic E-state index is 9.65. The van der Waals surface area contributed by atoms with E-state index in [1.165, 1.54) is 12.1 Å². The van der Waals surface area contributed by atoms with E-state index in [-0.39, 0.29) is 11.5 Å². The molecule has 0 aliphatic heterocycles. The molecule has 19 heavy (non-hydrogen) atoms. The van der Waals surface area contributed by atoms with Crippen molar-refractivity contribution >= 4 is 5.69 Å². The molecular weight excluding hydrogens is 240 g/mol. The van der Waals surface area contributed by atoms with E-state index in [1.54, 1.807) is 6.07 Å². The van der Waals surface area contributed by atoms with Crippen LogP contribution in [0.1, 0.15) is 11.1 Å². The summed E-state index contributed by atoms with van der Waals surface area (Å²) >= 11 is 0. The monoisotopic (exact) mass is 254 g/mol. The quantitative estimate of drug-likeness (QED) is 0.784. The minimum Gasteiger partial charge on any atom is -0.508 e. The molecule has 0 unspecified atom stereocenters. The van der Waals surface area contributed by atoms with Crippen LogP contribution >= 0.6 is 0 Å². The fourth-order valence-corrected chi connectivity index (χ4v) is 1.73. The average molecular weight is 254 g/mol. The average Bonchev–Trinajstić information content (AvgIpc) is 2.40. The topological polar surface area (TPSA) is 76.3 Å². The predicted molar refractivity (Wildman–Crippen MR) is 72.9 cm³/mol. The van der Waals surface area contributed by atoms with Gasteiger partial charge in [0, 0.05) is 23.9 Å². The number of rotatable bonds is 4. The summed E-state index contributed by atoms with van der Waals surface area (Å²) in [5, 5.41) is 30.6. The van der Waals surface area contributed by atoms with Crippen molar-refractivity contribution < 1.29 is 10.2 Å². The smallest absolute Gasteiger partial charge is 0.124 e. The van der Waals surface area contributed by atoms with E-state index < -0.39 is 0 Å². The van der Waals surface area contributed by atoms with Crippen LogP contribution in [0.15, 0.2) is 42.5 Å². The molecule has 0 saturated heterocycles. The third kappa shape index (κ3) is 3.39. The van der Waals surface area contributed by atoms with Crippen LogP contribution < -0.4 is 5.32 Å². The summed E-state index contributed by atoms with van der Waals surface area (Å²) < 4.78 is 0. The first-order valence-corrected chi connectivity index (χ1v) is 5.89. The molecule has 0 fully saturated rings. The summed E-state index contributed by atoms with van der Waals surface area (Å²) in [6, 6.07) is 14.2. The zero-order chi connectivity index (χ0) is 13.7. The molecule has 0 aromatic heterocycles. The van der Waals surface area contributed by atoms with Gasteiger partial charge in [0.1, 0.15) is 11.5 Å². The van der Waals surface area contributed by atoms with E-state index in [2.05, 4.69) is 11.4 Å². The van der Waals surface area contributed by atoms with Gasteiger partial charge in [-0.25, -0.2) is 0 Å². The van der Waals surface area contributed by atoms with Crippen LogP contribution in [-0.2, 0) is 13.0 Å². The first-order valence-electron chi connectivity index (χ1n) is 5.89. The predicted octanol–water partition coefficient (Wildman–Crippen LogP) is 2.78. The van der Waals surface area contributed by atoms with E-state index in [9.17, 15) is 10.2 Å². The second-order valence-electron chi connectivity index (χ2n) is 4.20.